The van der Waals surface area contributed by atoms with E-state index < -0.39 is 0 Å². The van der Waals surface area contributed by atoms with Crippen molar-refractivity contribution in [2.24, 2.45) is 0 Å². The van der Waals surface area contributed by atoms with Gasteiger partial charge in [0.2, 0.25) is 5.88 Å². The zero-order valence-corrected chi connectivity index (χ0v) is 9.83. The van der Waals surface area contributed by atoms with E-state index >= 15 is 0 Å². The molecule has 0 spiro atoms. The second-order valence-electron chi connectivity index (χ2n) is 2.89. The smallest absolute Gasteiger partial charge is 0.272 e. The highest BCUT2D eigenvalue weighted by atomic mass is 79.9. The molecule has 0 fully saturated rings. The van der Waals surface area contributed by atoms with E-state index in [0.717, 1.165) is 4.47 Å². The van der Waals surface area contributed by atoms with Crippen LogP contribution >= 0.6 is 15.9 Å². The molecule has 0 aliphatic heterocycles. The van der Waals surface area contributed by atoms with Crippen molar-refractivity contribution in [1.82, 2.24) is 9.88 Å². The van der Waals surface area contributed by atoms with Crippen molar-refractivity contribution in [3.63, 3.8) is 0 Å². The van der Waals surface area contributed by atoms with E-state index in [4.69, 9.17) is 4.74 Å². The van der Waals surface area contributed by atoms with Crippen molar-refractivity contribution >= 4 is 21.8 Å². The lowest BCUT2D eigenvalue weighted by Crippen LogP contribution is -2.22. The first-order valence-electron chi connectivity index (χ1n) is 3.98. The molecule has 1 rings (SSSR count). The molecule has 0 bridgehead atoms. The lowest BCUT2D eigenvalue weighted by atomic mass is 10.3. The quantitative estimate of drug-likeness (QED) is 0.809. The van der Waals surface area contributed by atoms with Crippen LogP contribution in [0.5, 0.6) is 5.88 Å². The van der Waals surface area contributed by atoms with Gasteiger partial charge in [0.25, 0.3) is 5.91 Å². The molecule has 5 heteroatoms. The van der Waals surface area contributed by atoms with Crippen LogP contribution in [-0.2, 0) is 0 Å². The Bertz CT molecular complexity index is 353. The molecule has 0 saturated heterocycles. The molecule has 14 heavy (non-hydrogen) atoms. The topological polar surface area (TPSA) is 42.4 Å². The van der Waals surface area contributed by atoms with Crippen molar-refractivity contribution in [3.8, 4) is 5.88 Å². The monoisotopic (exact) mass is 258 g/mol. The summed E-state index contributed by atoms with van der Waals surface area (Å²) in [5, 5.41) is 0. The number of ether oxygens (including phenoxy) is 1. The van der Waals surface area contributed by atoms with Crippen molar-refractivity contribution in [1.29, 1.82) is 0 Å². The molecule has 76 valence electrons. The largest absolute Gasteiger partial charge is 0.480 e. The number of hydrogen-bond donors (Lipinski definition) is 0. The Morgan fingerprint density at radius 2 is 2.14 bits per heavy atom. The Kier molecular flexibility index (Phi) is 3.46. The number of nitrogens with zero attached hydrogens (tertiary/aromatic N) is 2. The summed E-state index contributed by atoms with van der Waals surface area (Å²) < 4.78 is 5.72. The lowest BCUT2D eigenvalue weighted by Gasteiger charge is -2.10. The third kappa shape index (κ3) is 2.23. The number of hydrogen-bond acceptors (Lipinski definition) is 3. The SMILES string of the molecule is COc1nc(C(=O)N(C)C)ccc1Br. The maximum atomic E-state index is 11.5. The van der Waals surface area contributed by atoms with Crippen molar-refractivity contribution in [2.75, 3.05) is 21.2 Å². The fourth-order valence-electron chi connectivity index (χ4n) is 0.915. The van der Waals surface area contributed by atoms with E-state index in [1.54, 1.807) is 26.2 Å². The highest BCUT2D eigenvalue weighted by Crippen LogP contribution is 2.22. The van der Waals surface area contributed by atoms with Crippen LogP contribution in [0.1, 0.15) is 10.5 Å². The fourth-order valence-corrected chi connectivity index (χ4v) is 1.30. The third-order valence-corrected chi connectivity index (χ3v) is 2.24. The molecular formula is C9H11BrN2O2. The van der Waals surface area contributed by atoms with Crippen molar-refractivity contribution < 1.29 is 9.53 Å². The lowest BCUT2D eigenvalue weighted by molar-refractivity contribution is 0.0821. The maximum Gasteiger partial charge on any atom is 0.272 e. The summed E-state index contributed by atoms with van der Waals surface area (Å²) >= 11 is 3.26. The molecule has 0 atom stereocenters. The summed E-state index contributed by atoms with van der Waals surface area (Å²) in [4.78, 5) is 17.0. The van der Waals surface area contributed by atoms with Gasteiger partial charge in [0.1, 0.15) is 5.69 Å². The Balaban J connectivity index is 3.06. The summed E-state index contributed by atoms with van der Waals surface area (Å²) in [5.74, 6) is 0.272. The van der Waals surface area contributed by atoms with Crippen LogP contribution in [0.15, 0.2) is 16.6 Å². The zero-order valence-electron chi connectivity index (χ0n) is 8.24. The minimum absolute atomic E-state index is 0.143. The fraction of sp³-hybridized carbons (Fsp3) is 0.333. The zero-order chi connectivity index (χ0) is 10.7. The molecule has 0 aliphatic rings. The Labute approximate surface area is 91.0 Å². The first kappa shape index (κ1) is 11.0. The summed E-state index contributed by atoms with van der Waals surface area (Å²) in [7, 11) is 4.87. The van der Waals surface area contributed by atoms with E-state index in [2.05, 4.69) is 20.9 Å². The molecular weight excluding hydrogens is 248 g/mol. The van der Waals surface area contributed by atoms with E-state index in [1.807, 2.05) is 0 Å². The van der Waals surface area contributed by atoms with Gasteiger partial charge in [0.15, 0.2) is 0 Å². The Morgan fingerprint density at radius 3 is 2.64 bits per heavy atom. The van der Waals surface area contributed by atoms with Gasteiger partial charge in [0.05, 0.1) is 11.6 Å². The predicted molar refractivity (Wildman–Crippen MR) is 56.5 cm³/mol. The van der Waals surface area contributed by atoms with Crippen LogP contribution in [0.3, 0.4) is 0 Å². The van der Waals surface area contributed by atoms with Crippen LogP contribution in [0, 0.1) is 0 Å². The number of aromatic nitrogens is 1. The average molecular weight is 259 g/mol. The first-order chi connectivity index (χ1) is 6.56. The average Bonchev–Trinajstić information content (AvgIpc) is 2.17. The number of methoxy groups -OCH3 is 1. The van der Waals surface area contributed by atoms with Gasteiger partial charge in [0, 0.05) is 14.1 Å². The molecule has 0 aromatic carbocycles. The molecule has 0 saturated carbocycles. The maximum absolute atomic E-state index is 11.5. The molecule has 4 nitrogen and oxygen atoms in total. The van der Waals surface area contributed by atoms with Crippen LogP contribution in [0.4, 0.5) is 0 Å². The standard InChI is InChI=1S/C9H11BrN2O2/c1-12(2)9(13)7-5-4-6(10)8(11-7)14-3/h4-5H,1-3H3. The second-order valence-corrected chi connectivity index (χ2v) is 3.74. The molecule has 1 amide bonds. The van der Waals surface area contributed by atoms with Gasteiger partial charge in [-0.15, -0.1) is 0 Å². The summed E-state index contributed by atoms with van der Waals surface area (Å²) in [6.07, 6.45) is 0. The van der Waals surface area contributed by atoms with Crippen molar-refractivity contribution in [2.45, 2.75) is 0 Å². The number of halogens is 1. The predicted octanol–water partition coefficient (Wildman–Crippen LogP) is 1.55. The summed E-state index contributed by atoms with van der Waals surface area (Å²) in [5.41, 5.74) is 0.370. The highest BCUT2D eigenvalue weighted by Gasteiger charge is 2.12. The van der Waals surface area contributed by atoms with Gasteiger partial charge >= 0.3 is 0 Å². The van der Waals surface area contributed by atoms with E-state index in [-0.39, 0.29) is 5.91 Å². The van der Waals surface area contributed by atoms with Crippen LogP contribution in [0.25, 0.3) is 0 Å². The normalized spacial score (nSPS) is 9.71. The minimum atomic E-state index is -0.143. The molecule has 0 unspecified atom stereocenters. The van der Waals surface area contributed by atoms with Gasteiger partial charge < -0.3 is 9.64 Å². The van der Waals surface area contributed by atoms with Crippen LogP contribution in [-0.4, -0.2) is 37.0 Å². The van der Waals surface area contributed by atoms with Gasteiger partial charge in [-0.2, -0.15) is 0 Å². The number of amides is 1. The van der Waals surface area contributed by atoms with Gasteiger partial charge in [-0.3, -0.25) is 4.79 Å². The van der Waals surface area contributed by atoms with Crippen LogP contribution < -0.4 is 4.74 Å². The summed E-state index contributed by atoms with van der Waals surface area (Å²) in [6, 6.07) is 3.39. The first-order valence-corrected chi connectivity index (χ1v) is 4.77. The van der Waals surface area contributed by atoms with Crippen LogP contribution in [0.2, 0.25) is 0 Å². The number of carbonyl (C=O) groups excluding carboxylic acids is 1. The van der Waals surface area contributed by atoms with Crippen molar-refractivity contribution in [3.05, 3.63) is 22.3 Å². The molecule has 1 heterocycles. The minimum Gasteiger partial charge on any atom is -0.480 e. The molecule has 1 aromatic heterocycles. The summed E-state index contributed by atoms with van der Waals surface area (Å²) in [6.45, 7) is 0. The number of carbonyl (C=O) groups is 1. The van der Waals surface area contributed by atoms with E-state index in [1.165, 1.54) is 12.0 Å². The number of pyridine rings is 1. The van der Waals surface area contributed by atoms with E-state index in [0.29, 0.717) is 11.6 Å². The molecule has 0 N–H and O–H groups in total. The molecule has 0 radical (unpaired) electrons. The van der Waals surface area contributed by atoms with Gasteiger partial charge in [-0.05, 0) is 28.1 Å². The number of rotatable bonds is 2. The highest BCUT2D eigenvalue weighted by molar-refractivity contribution is 9.10. The third-order valence-electron chi connectivity index (χ3n) is 1.63. The van der Waals surface area contributed by atoms with Gasteiger partial charge in [-0.1, -0.05) is 0 Å². The molecule has 0 aliphatic carbocycles. The van der Waals surface area contributed by atoms with E-state index in [9.17, 15) is 4.79 Å². The second kappa shape index (κ2) is 4.41. The van der Waals surface area contributed by atoms with Gasteiger partial charge in [-0.25, -0.2) is 4.98 Å². The Hall–Kier alpha value is -1.10. The molecule has 1 aromatic rings. The Morgan fingerprint density at radius 1 is 1.50 bits per heavy atom.